The zero-order chi connectivity index (χ0) is 13.9. The molecule has 2 amide bonds. The average Bonchev–Trinajstić information content (AvgIpc) is 3.30. The van der Waals surface area contributed by atoms with E-state index in [1.165, 1.54) is 12.8 Å². The Bertz CT molecular complexity index is 464. The SMILES string of the molecule is C[C@@H]1CN(C(=O)NCc2cccnn2)C[C@@H](C2CC2)O1. The Morgan fingerprint density at radius 1 is 1.50 bits per heavy atom. The first kappa shape index (κ1) is 13.3. The minimum atomic E-state index is -0.0450. The molecular weight excluding hydrogens is 256 g/mol. The molecule has 0 radical (unpaired) electrons. The minimum absolute atomic E-state index is 0.0450. The van der Waals surface area contributed by atoms with Crippen LogP contribution in [0.25, 0.3) is 0 Å². The third-order valence-electron chi connectivity index (χ3n) is 3.77. The summed E-state index contributed by atoms with van der Waals surface area (Å²) in [6, 6.07) is 3.62. The van der Waals surface area contributed by atoms with E-state index in [2.05, 4.69) is 15.5 Å². The summed E-state index contributed by atoms with van der Waals surface area (Å²) in [6.45, 7) is 3.78. The van der Waals surface area contributed by atoms with Gasteiger partial charge in [-0.05, 0) is 37.8 Å². The smallest absolute Gasteiger partial charge is 0.317 e. The molecule has 1 aliphatic heterocycles. The number of urea groups is 1. The molecule has 0 spiro atoms. The van der Waals surface area contributed by atoms with Crippen LogP contribution in [0.3, 0.4) is 0 Å². The zero-order valence-electron chi connectivity index (χ0n) is 11.7. The standard InChI is InChI=1S/C14H20N4O2/c1-10-8-18(9-13(20-10)11-4-5-11)14(19)15-7-12-3-2-6-16-17-12/h2-3,6,10-11,13H,4-5,7-9H2,1H3,(H,15,19)/t10-,13+/m1/s1. The molecule has 2 heterocycles. The lowest BCUT2D eigenvalue weighted by molar-refractivity contribution is -0.0731. The second kappa shape index (κ2) is 5.75. The lowest BCUT2D eigenvalue weighted by Gasteiger charge is -2.37. The van der Waals surface area contributed by atoms with Crippen LogP contribution in [-0.2, 0) is 11.3 Å². The van der Waals surface area contributed by atoms with E-state index in [-0.39, 0.29) is 18.2 Å². The van der Waals surface area contributed by atoms with E-state index in [0.717, 1.165) is 5.69 Å². The molecule has 6 nitrogen and oxygen atoms in total. The van der Waals surface area contributed by atoms with Crippen LogP contribution in [0.5, 0.6) is 0 Å². The van der Waals surface area contributed by atoms with E-state index >= 15 is 0 Å². The Hall–Kier alpha value is -1.69. The predicted molar refractivity (Wildman–Crippen MR) is 72.9 cm³/mol. The van der Waals surface area contributed by atoms with E-state index in [0.29, 0.717) is 25.6 Å². The molecule has 2 fully saturated rings. The van der Waals surface area contributed by atoms with E-state index in [1.807, 2.05) is 24.0 Å². The Labute approximate surface area is 118 Å². The van der Waals surface area contributed by atoms with Crippen molar-refractivity contribution >= 4 is 6.03 Å². The van der Waals surface area contributed by atoms with Gasteiger partial charge in [0.05, 0.1) is 24.4 Å². The van der Waals surface area contributed by atoms with Crippen LogP contribution in [0.1, 0.15) is 25.5 Å². The third kappa shape index (κ3) is 3.25. The lowest BCUT2D eigenvalue weighted by Crippen LogP contribution is -2.52. The zero-order valence-corrected chi connectivity index (χ0v) is 11.7. The van der Waals surface area contributed by atoms with Gasteiger partial charge < -0.3 is 15.0 Å². The maximum atomic E-state index is 12.2. The molecule has 0 bridgehead atoms. The summed E-state index contributed by atoms with van der Waals surface area (Å²) in [5.74, 6) is 0.646. The van der Waals surface area contributed by atoms with E-state index in [4.69, 9.17) is 4.74 Å². The molecule has 20 heavy (non-hydrogen) atoms. The minimum Gasteiger partial charge on any atom is -0.371 e. The Kier molecular flexibility index (Phi) is 3.82. The molecular formula is C14H20N4O2. The number of aromatic nitrogens is 2. The van der Waals surface area contributed by atoms with Gasteiger partial charge in [-0.2, -0.15) is 10.2 Å². The summed E-state index contributed by atoms with van der Waals surface area (Å²) in [5, 5.41) is 10.6. The molecule has 1 aromatic heterocycles. The van der Waals surface area contributed by atoms with Crippen LogP contribution < -0.4 is 5.32 Å². The second-order valence-electron chi connectivity index (χ2n) is 5.60. The first-order chi connectivity index (χ1) is 9.72. The summed E-state index contributed by atoms with van der Waals surface area (Å²) >= 11 is 0. The summed E-state index contributed by atoms with van der Waals surface area (Å²) < 4.78 is 5.91. The fraction of sp³-hybridized carbons (Fsp3) is 0.643. The Morgan fingerprint density at radius 3 is 3.05 bits per heavy atom. The van der Waals surface area contributed by atoms with Crippen molar-refractivity contribution in [3.8, 4) is 0 Å². The normalized spacial score (nSPS) is 26.4. The first-order valence-electron chi connectivity index (χ1n) is 7.17. The van der Waals surface area contributed by atoms with Crippen molar-refractivity contribution in [2.45, 2.75) is 38.5 Å². The van der Waals surface area contributed by atoms with E-state index < -0.39 is 0 Å². The van der Waals surface area contributed by atoms with E-state index in [9.17, 15) is 4.79 Å². The molecule has 1 aromatic rings. The summed E-state index contributed by atoms with van der Waals surface area (Å²) in [5.41, 5.74) is 0.765. The summed E-state index contributed by atoms with van der Waals surface area (Å²) in [6.07, 6.45) is 4.39. The first-order valence-corrected chi connectivity index (χ1v) is 7.17. The molecule has 2 atom stereocenters. The fourth-order valence-electron chi connectivity index (χ4n) is 2.59. The highest BCUT2D eigenvalue weighted by Crippen LogP contribution is 2.36. The fourth-order valence-corrected chi connectivity index (χ4v) is 2.59. The number of nitrogens with one attached hydrogen (secondary N) is 1. The molecule has 1 saturated carbocycles. The molecule has 108 valence electrons. The second-order valence-corrected chi connectivity index (χ2v) is 5.60. The predicted octanol–water partition coefficient (Wildman–Crippen LogP) is 1.19. The maximum absolute atomic E-state index is 12.2. The molecule has 3 rings (SSSR count). The quantitative estimate of drug-likeness (QED) is 0.900. The highest BCUT2D eigenvalue weighted by Gasteiger charge is 2.38. The Morgan fingerprint density at radius 2 is 2.35 bits per heavy atom. The lowest BCUT2D eigenvalue weighted by atomic mass is 10.1. The summed E-state index contributed by atoms with van der Waals surface area (Å²) in [7, 11) is 0. The molecule has 1 saturated heterocycles. The maximum Gasteiger partial charge on any atom is 0.317 e. The number of rotatable bonds is 3. The van der Waals surface area contributed by atoms with Crippen LogP contribution in [0, 0.1) is 5.92 Å². The van der Waals surface area contributed by atoms with Crippen LogP contribution >= 0.6 is 0 Å². The van der Waals surface area contributed by atoms with Crippen molar-refractivity contribution in [2.75, 3.05) is 13.1 Å². The number of ether oxygens (including phenoxy) is 1. The van der Waals surface area contributed by atoms with Crippen molar-refractivity contribution in [1.29, 1.82) is 0 Å². The monoisotopic (exact) mass is 276 g/mol. The highest BCUT2D eigenvalue weighted by atomic mass is 16.5. The summed E-state index contributed by atoms with van der Waals surface area (Å²) in [4.78, 5) is 14.1. The number of hydrogen-bond donors (Lipinski definition) is 1. The molecule has 0 aromatic carbocycles. The van der Waals surface area contributed by atoms with Crippen LogP contribution in [0.4, 0.5) is 4.79 Å². The van der Waals surface area contributed by atoms with Crippen molar-refractivity contribution in [3.63, 3.8) is 0 Å². The number of hydrogen-bond acceptors (Lipinski definition) is 4. The van der Waals surface area contributed by atoms with Gasteiger partial charge in [0.15, 0.2) is 0 Å². The van der Waals surface area contributed by atoms with Gasteiger partial charge in [-0.1, -0.05) is 0 Å². The van der Waals surface area contributed by atoms with Crippen LogP contribution in [-0.4, -0.2) is 46.4 Å². The Balaban J connectivity index is 1.53. The van der Waals surface area contributed by atoms with Gasteiger partial charge in [-0.25, -0.2) is 4.79 Å². The number of amides is 2. The number of carbonyl (C=O) groups is 1. The number of nitrogens with zero attached hydrogens (tertiary/aromatic N) is 3. The van der Waals surface area contributed by atoms with Crippen molar-refractivity contribution in [3.05, 3.63) is 24.0 Å². The molecule has 6 heteroatoms. The third-order valence-corrected chi connectivity index (χ3v) is 3.77. The van der Waals surface area contributed by atoms with Crippen molar-refractivity contribution in [2.24, 2.45) is 5.92 Å². The van der Waals surface area contributed by atoms with Gasteiger partial charge in [0.1, 0.15) is 0 Å². The van der Waals surface area contributed by atoms with Gasteiger partial charge in [0.25, 0.3) is 0 Å². The van der Waals surface area contributed by atoms with E-state index in [1.54, 1.807) is 6.20 Å². The van der Waals surface area contributed by atoms with Crippen molar-refractivity contribution in [1.82, 2.24) is 20.4 Å². The number of carbonyl (C=O) groups excluding carboxylic acids is 1. The largest absolute Gasteiger partial charge is 0.371 e. The van der Waals surface area contributed by atoms with Gasteiger partial charge in [-0.15, -0.1) is 0 Å². The van der Waals surface area contributed by atoms with Gasteiger partial charge in [0.2, 0.25) is 0 Å². The van der Waals surface area contributed by atoms with Crippen molar-refractivity contribution < 1.29 is 9.53 Å². The average molecular weight is 276 g/mol. The van der Waals surface area contributed by atoms with Gasteiger partial charge in [-0.3, -0.25) is 0 Å². The van der Waals surface area contributed by atoms with Gasteiger partial charge >= 0.3 is 6.03 Å². The van der Waals surface area contributed by atoms with Crippen LogP contribution in [0.15, 0.2) is 18.3 Å². The molecule has 1 aliphatic carbocycles. The highest BCUT2D eigenvalue weighted by molar-refractivity contribution is 5.74. The van der Waals surface area contributed by atoms with Gasteiger partial charge in [0, 0.05) is 19.3 Å². The molecule has 2 aliphatic rings. The number of morpholine rings is 1. The van der Waals surface area contributed by atoms with Crippen LogP contribution in [0.2, 0.25) is 0 Å². The molecule has 0 unspecified atom stereocenters. The molecule has 1 N–H and O–H groups in total. The topological polar surface area (TPSA) is 67.4 Å².